The third-order valence-electron chi connectivity index (χ3n) is 4.44. The summed E-state index contributed by atoms with van der Waals surface area (Å²) in [6.07, 6.45) is 1.85. The van der Waals surface area contributed by atoms with Crippen molar-refractivity contribution >= 4 is 21.6 Å². The summed E-state index contributed by atoms with van der Waals surface area (Å²) >= 11 is 0. The van der Waals surface area contributed by atoms with Crippen molar-refractivity contribution in [3.8, 4) is 0 Å². The Morgan fingerprint density at radius 3 is 2.28 bits per heavy atom. The van der Waals surface area contributed by atoms with E-state index in [4.69, 9.17) is 0 Å². The number of rotatable bonds is 7. The number of carbonyl (C=O) groups excluding carboxylic acids is 1. The maximum atomic E-state index is 13.0. The molecule has 25 heavy (non-hydrogen) atoms. The number of sulfonamides is 1. The summed E-state index contributed by atoms with van der Waals surface area (Å²) in [5.74, 6) is -0.359. The molecule has 1 aromatic carbocycles. The monoisotopic (exact) mass is 371 g/mol. The van der Waals surface area contributed by atoms with Crippen molar-refractivity contribution in [2.24, 2.45) is 0 Å². The van der Waals surface area contributed by atoms with Gasteiger partial charge in [0.2, 0.25) is 15.9 Å². The molecular weight excluding hydrogens is 345 g/mol. The highest BCUT2D eigenvalue weighted by molar-refractivity contribution is 7.92. The van der Waals surface area contributed by atoms with E-state index < -0.39 is 15.8 Å². The SMILES string of the molecule is CCN1CCN(C(=O)CCCN(c2ccc(F)cc2)S(C)(=O)=O)CC1. The highest BCUT2D eigenvalue weighted by Crippen LogP contribution is 2.19. The molecule has 8 heteroatoms. The van der Waals surface area contributed by atoms with Crippen LogP contribution < -0.4 is 4.31 Å². The van der Waals surface area contributed by atoms with Gasteiger partial charge in [-0.05, 0) is 37.2 Å². The van der Waals surface area contributed by atoms with Crippen molar-refractivity contribution in [1.82, 2.24) is 9.80 Å². The Bertz CT molecular complexity index is 671. The van der Waals surface area contributed by atoms with E-state index in [9.17, 15) is 17.6 Å². The summed E-state index contributed by atoms with van der Waals surface area (Å²) in [4.78, 5) is 16.4. The number of halogens is 1. The lowest BCUT2D eigenvalue weighted by molar-refractivity contribution is -0.132. The fourth-order valence-electron chi connectivity index (χ4n) is 2.94. The first kappa shape index (κ1) is 19.7. The molecule has 140 valence electrons. The van der Waals surface area contributed by atoms with E-state index in [-0.39, 0.29) is 12.5 Å². The minimum absolute atomic E-state index is 0.0586. The van der Waals surface area contributed by atoms with Crippen molar-refractivity contribution in [2.75, 3.05) is 49.8 Å². The average molecular weight is 371 g/mol. The van der Waals surface area contributed by atoms with Gasteiger partial charge in [0.15, 0.2) is 0 Å². The molecule has 2 rings (SSSR count). The molecular formula is C17H26FN3O3S. The maximum Gasteiger partial charge on any atom is 0.232 e. The van der Waals surface area contributed by atoms with E-state index in [1.165, 1.54) is 28.6 Å². The number of hydrogen-bond donors (Lipinski definition) is 0. The zero-order valence-electron chi connectivity index (χ0n) is 14.8. The summed E-state index contributed by atoms with van der Waals surface area (Å²) < 4.78 is 38.2. The van der Waals surface area contributed by atoms with Crippen LogP contribution in [0.15, 0.2) is 24.3 Å². The molecule has 0 N–H and O–H groups in total. The minimum Gasteiger partial charge on any atom is -0.340 e. The first-order valence-electron chi connectivity index (χ1n) is 8.54. The average Bonchev–Trinajstić information content (AvgIpc) is 2.58. The number of carbonyl (C=O) groups is 1. The van der Waals surface area contributed by atoms with Gasteiger partial charge in [0, 0.05) is 39.1 Å². The third-order valence-corrected chi connectivity index (χ3v) is 5.63. The van der Waals surface area contributed by atoms with Crippen LogP contribution in [0.5, 0.6) is 0 Å². The van der Waals surface area contributed by atoms with Crippen LogP contribution >= 0.6 is 0 Å². The van der Waals surface area contributed by atoms with Gasteiger partial charge >= 0.3 is 0 Å². The largest absolute Gasteiger partial charge is 0.340 e. The molecule has 0 atom stereocenters. The molecule has 0 aromatic heterocycles. The van der Waals surface area contributed by atoms with E-state index in [1.54, 1.807) is 0 Å². The fourth-order valence-corrected chi connectivity index (χ4v) is 3.90. The molecule has 0 aliphatic carbocycles. The number of amides is 1. The lowest BCUT2D eigenvalue weighted by atomic mass is 10.2. The number of hydrogen-bond acceptors (Lipinski definition) is 4. The first-order valence-corrected chi connectivity index (χ1v) is 10.4. The number of nitrogens with zero attached hydrogens (tertiary/aromatic N) is 3. The van der Waals surface area contributed by atoms with Crippen LogP contribution in [0.1, 0.15) is 19.8 Å². The Balaban J connectivity index is 1.89. The smallest absolute Gasteiger partial charge is 0.232 e. The molecule has 0 spiro atoms. The van der Waals surface area contributed by atoms with Crippen molar-refractivity contribution in [3.63, 3.8) is 0 Å². The second kappa shape index (κ2) is 8.62. The quantitative estimate of drug-likeness (QED) is 0.729. The fraction of sp³-hybridized carbons (Fsp3) is 0.588. The second-order valence-corrected chi connectivity index (χ2v) is 8.14. The van der Waals surface area contributed by atoms with Crippen LogP contribution in [0.25, 0.3) is 0 Å². The molecule has 1 aliphatic rings. The summed E-state index contributed by atoms with van der Waals surface area (Å²) in [7, 11) is -3.48. The van der Waals surface area contributed by atoms with Gasteiger partial charge < -0.3 is 9.80 Å². The predicted molar refractivity (Wildman–Crippen MR) is 96.5 cm³/mol. The molecule has 0 radical (unpaired) electrons. The maximum absolute atomic E-state index is 13.0. The normalized spacial score (nSPS) is 16.0. The highest BCUT2D eigenvalue weighted by atomic mass is 32.2. The molecule has 1 fully saturated rings. The zero-order valence-corrected chi connectivity index (χ0v) is 15.6. The number of piperazine rings is 1. The molecule has 6 nitrogen and oxygen atoms in total. The van der Waals surface area contributed by atoms with Crippen LogP contribution in [0.4, 0.5) is 10.1 Å². The van der Waals surface area contributed by atoms with E-state index in [2.05, 4.69) is 11.8 Å². The Morgan fingerprint density at radius 1 is 1.16 bits per heavy atom. The molecule has 0 unspecified atom stereocenters. The first-order chi connectivity index (χ1) is 11.8. The van der Waals surface area contributed by atoms with Crippen molar-refractivity contribution < 1.29 is 17.6 Å². The van der Waals surface area contributed by atoms with Crippen LogP contribution in [0.2, 0.25) is 0 Å². The van der Waals surface area contributed by atoms with Crippen molar-refractivity contribution in [3.05, 3.63) is 30.1 Å². The summed E-state index contributed by atoms with van der Waals surface area (Å²) in [5, 5.41) is 0. The van der Waals surface area contributed by atoms with Gasteiger partial charge in [-0.2, -0.15) is 0 Å². The second-order valence-electron chi connectivity index (χ2n) is 6.23. The topological polar surface area (TPSA) is 60.9 Å². The van der Waals surface area contributed by atoms with Crippen LogP contribution in [-0.2, 0) is 14.8 Å². The standard InChI is InChI=1S/C17H26FN3O3S/c1-3-19-11-13-20(14-12-19)17(22)5-4-10-21(25(2,23)24)16-8-6-15(18)7-9-16/h6-9H,3-5,10-14H2,1-2H3. The number of benzene rings is 1. The third kappa shape index (κ3) is 5.67. The number of likely N-dealkylation sites (N-methyl/N-ethyl adjacent to an activating group) is 1. The molecule has 0 bridgehead atoms. The summed E-state index contributed by atoms with van der Waals surface area (Å²) in [6, 6.07) is 5.32. The summed E-state index contributed by atoms with van der Waals surface area (Å²) in [5.41, 5.74) is 0.410. The Labute approximate surface area is 149 Å². The lowest BCUT2D eigenvalue weighted by Crippen LogP contribution is -2.48. The van der Waals surface area contributed by atoms with E-state index in [0.29, 0.717) is 18.5 Å². The number of anilines is 1. The molecule has 1 aliphatic heterocycles. The van der Waals surface area contributed by atoms with Crippen LogP contribution in [0.3, 0.4) is 0 Å². The van der Waals surface area contributed by atoms with Gasteiger partial charge in [-0.1, -0.05) is 6.92 Å². The van der Waals surface area contributed by atoms with E-state index >= 15 is 0 Å². The van der Waals surface area contributed by atoms with Gasteiger partial charge in [0.05, 0.1) is 11.9 Å². The van der Waals surface area contributed by atoms with Gasteiger partial charge in [-0.3, -0.25) is 9.10 Å². The van der Waals surface area contributed by atoms with Gasteiger partial charge in [-0.15, -0.1) is 0 Å². The van der Waals surface area contributed by atoms with Crippen molar-refractivity contribution in [1.29, 1.82) is 0 Å². The highest BCUT2D eigenvalue weighted by Gasteiger charge is 2.21. The molecule has 1 amide bonds. The van der Waals surface area contributed by atoms with E-state index in [0.717, 1.165) is 39.0 Å². The Hall–Kier alpha value is -1.67. The molecule has 1 saturated heterocycles. The minimum atomic E-state index is -3.48. The van der Waals surface area contributed by atoms with E-state index in [1.807, 2.05) is 4.90 Å². The Morgan fingerprint density at radius 2 is 1.76 bits per heavy atom. The van der Waals surface area contributed by atoms with Gasteiger partial charge in [-0.25, -0.2) is 12.8 Å². The molecule has 1 heterocycles. The Kier molecular flexibility index (Phi) is 6.78. The molecule has 1 aromatic rings. The van der Waals surface area contributed by atoms with Gasteiger partial charge in [0.25, 0.3) is 0 Å². The van der Waals surface area contributed by atoms with Crippen LogP contribution in [0, 0.1) is 5.82 Å². The lowest BCUT2D eigenvalue weighted by Gasteiger charge is -2.34. The van der Waals surface area contributed by atoms with Gasteiger partial charge in [0.1, 0.15) is 5.82 Å². The molecule has 0 saturated carbocycles. The predicted octanol–water partition coefficient (Wildman–Crippen LogP) is 1.54. The van der Waals surface area contributed by atoms with Crippen LogP contribution in [-0.4, -0.2) is 69.6 Å². The van der Waals surface area contributed by atoms with Crippen molar-refractivity contribution in [2.45, 2.75) is 19.8 Å². The zero-order chi connectivity index (χ0) is 18.4. The summed E-state index contributed by atoms with van der Waals surface area (Å²) in [6.45, 7) is 6.50.